The van der Waals surface area contributed by atoms with Gasteiger partial charge in [-0.15, -0.1) is 0 Å². The predicted octanol–water partition coefficient (Wildman–Crippen LogP) is 4.39. The number of hydrogen-bond donors (Lipinski definition) is 3. The first-order valence-electron chi connectivity index (χ1n) is 12.5. The standard InChI is InChI=1S/C26H22F8N6O3/c1-12(38-19-10-37-39-23(42)21(19)26(32,33)34)4-15(27)11-40-3-2-14-6-17(18(28)7-16(14)24(40)43)22-35-8-13(9-36-22)5-20(41)25(29,30)31/h2-3,6-10,12,15,20,41H,4-5,11H2,1H3,(H2,38,39,42)/t12-,15-,20-/m1/s1. The molecule has 3 N–H and O–H groups in total. The number of nitrogens with zero attached hydrogens (tertiary/aromatic N) is 4. The molecule has 0 aliphatic carbocycles. The van der Waals surface area contributed by atoms with E-state index < -0.39 is 71.8 Å². The largest absolute Gasteiger partial charge is 0.423 e. The minimum absolute atomic E-state index is 0.0437. The van der Waals surface area contributed by atoms with Gasteiger partial charge in [-0.2, -0.15) is 31.4 Å². The zero-order chi connectivity index (χ0) is 31.7. The Bertz CT molecular complexity index is 1720. The number of pyridine rings is 1. The van der Waals surface area contributed by atoms with E-state index in [0.717, 1.165) is 29.2 Å². The van der Waals surface area contributed by atoms with Crippen molar-refractivity contribution < 1.29 is 40.2 Å². The highest BCUT2D eigenvalue weighted by molar-refractivity contribution is 5.86. The second kappa shape index (κ2) is 12.1. The summed E-state index contributed by atoms with van der Waals surface area (Å²) in [5.41, 5.74) is -4.59. The third-order valence-electron chi connectivity index (χ3n) is 6.36. The highest BCUT2D eigenvalue weighted by atomic mass is 19.4. The Kier molecular flexibility index (Phi) is 8.84. The van der Waals surface area contributed by atoms with Gasteiger partial charge in [-0.3, -0.25) is 9.59 Å². The predicted molar refractivity (Wildman–Crippen MR) is 137 cm³/mol. The van der Waals surface area contributed by atoms with E-state index in [2.05, 4.69) is 20.4 Å². The van der Waals surface area contributed by atoms with Crippen molar-refractivity contribution in [3.8, 4) is 11.4 Å². The molecule has 3 atom stereocenters. The van der Waals surface area contributed by atoms with Crippen LogP contribution in [0.1, 0.15) is 24.5 Å². The van der Waals surface area contributed by atoms with Gasteiger partial charge in [0.05, 0.1) is 29.4 Å². The lowest BCUT2D eigenvalue weighted by Crippen LogP contribution is -2.30. The Hall–Kier alpha value is -4.41. The molecule has 43 heavy (non-hydrogen) atoms. The Morgan fingerprint density at radius 3 is 2.37 bits per heavy atom. The van der Waals surface area contributed by atoms with Crippen LogP contribution in [0.2, 0.25) is 0 Å². The lowest BCUT2D eigenvalue weighted by atomic mass is 10.1. The number of nitrogens with one attached hydrogen (secondary N) is 2. The number of H-pyrrole nitrogens is 1. The van der Waals surface area contributed by atoms with Crippen LogP contribution in [-0.4, -0.2) is 54.3 Å². The van der Waals surface area contributed by atoms with E-state index in [1.807, 2.05) is 0 Å². The summed E-state index contributed by atoms with van der Waals surface area (Å²) in [5.74, 6) is -1.13. The number of aliphatic hydroxyl groups excluding tert-OH is 1. The molecule has 230 valence electrons. The van der Waals surface area contributed by atoms with Crippen molar-refractivity contribution in [1.82, 2.24) is 24.7 Å². The summed E-state index contributed by atoms with van der Waals surface area (Å²) in [4.78, 5) is 32.3. The minimum Gasteiger partial charge on any atom is -0.383 e. The zero-order valence-corrected chi connectivity index (χ0v) is 22.0. The third kappa shape index (κ3) is 7.33. The summed E-state index contributed by atoms with van der Waals surface area (Å²) in [6.07, 6.45) is -11.4. The number of anilines is 1. The molecule has 0 aliphatic heterocycles. The van der Waals surface area contributed by atoms with Crippen molar-refractivity contribution >= 4 is 16.5 Å². The zero-order valence-electron chi connectivity index (χ0n) is 22.0. The smallest absolute Gasteiger partial charge is 0.383 e. The van der Waals surface area contributed by atoms with Crippen molar-refractivity contribution in [3.05, 3.63) is 80.6 Å². The number of hydrogen-bond acceptors (Lipinski definition) is 7. The average molecular weight is 618 g/mol. The van der Waals surface area contributed by atoms with Gasteiger partial charge in [0.15, 0.2) is 11.9 Å². The summed E-state index contributed by atoms with van der Waals surface area (Å²) < 4.78 is 108. The SMILES string of the molecule is C[C@H](C[C@@H](F)Cn1ccc2cc(-c3ncc(C[C@@H](O)C(F)(F)F)cn3)c(F)cc2c1=O)Nc1cn[nH]c(=O)c1C(F)(F)F. The Morgan fingerprint density at radius 2 is 1.74 bits per heavy atom. The molecule has 0 saturated carbocycles. The Morgan fingerprint density at radius 1 is 1.07 bits per heavy atom. The fourth-order valence-corrected chi connectivity index (χ4v) is 4.34. The number of alkyl halides is 7. The maximum Gasteiger partial charge on any atom is 0.423 e. The molecular weight excluding hydrogens is 596 g/mol. The number of fused-ring (bicyclic) bond motifs is 1. The van der Waals surface area contributed by atoms with Gasteiger partial charge in [0.25, 0.3) is 11.1 Å². The van der Waals surface area contributed by atoms with Crippen LogP contribution in [0.5, 0.6) is 0 Å². The molecule has 1 aromatic carbocycles. The molecule has 0 radical (unpaired) electrons. The molecule has 0 amide bonds. The topological polar surface area (TPSA) is 126 Å². The van der Waals surface area contributed by atoms with Crippen molar-refractivity contribution in [2.24, 2.45) is 0 Å². The Balaban J connectivity index is 1.48. The Labute approximate surface area is 236 Å². The molecule has 0 fully saturated rings. The van der Waals surface area contributed by atoms with Gasteiger partial charge in [-0.1, -0.05) is 0 Å². The fourth-order valence-electron chi connectivity index (χ4n) is 4.34. The molecule has 0 saturated heterocycles. The number of benzene rings is 1. The van der Waals surface area contributed by atoms with Crippen molar-refractivity contribution in [1.29, 1.82) is 0 Å². The third-order valence-corrected chi connectivity index (χ3v) is 6.36. The van der Waals surface area contributed by atoms with Crippen LogP contribution < -0.4 is 16.4 Å². The van der Waals surface area contributed by atoms with Gasteiger partial charge >= 0.3 is 12.4 Å². The van der Waals surface area contributed by atoms with Gasteiger partial charge < -0.3 is 15.0 Å². The number of aromatic amines is 1. The first-order valence-corrected chi connectivity index (χ1v) is 12.5. The molecule has 4 aromatic rings. The summed E-state index contributed by atoms with van der Waals surface area (Å²) in [5, 5.41) is 16.7. The summed E-state index contributed by atoms with van der Waals surface area (Å²) in [7, 11) is 0. The fraction of sp³-hybridized carbons (Fsp3) is 0.346. The van der Waals surface area contributed by atoms with Crippen LogP contribution in [0.4, 0.5) is 40.8 Å². The molecule has 0 bridgehead atoms. The maximum absolute atomic E-state index is 15.0. The molecule has 17 heteroatoms. The molecule has 4 rings (SSSR count). The van der Waals surface area contributed by atoms with E-state index in [4.69, 9.17) is 0 Å². The molecule has 0 aliphatic rings. The first kappa shape index (κ1) is 31.5. The van der Waals surface area contributed by atoms with Crippen LogP contribution in [0.25, 0.3) is 22.2 Å². The highest BCUT2D eigenvalue weighted by Gasteiger charge is 2.38. The number of rotatable bonds is 9. The number of aromatic nitrogens is 5. The van der Waals surface area contributed by atoms with Crippen LogP contribution in [-0.2, 0) is 19.1 Å². The molecule has 3 heterocycles. The average Bonchev–Trinajstić information content (AvgIpc) is 2.89. The van der Waals surface area contributed by atoms with Gasteiger partial charge in [0.1, 0.15) is 17.6 Å². The lowest BCUT2D eigenvalue weighted by Gasteiger charge is -2.20. The minimum atomic E-state index is -4.99. The van der Waals surface area contributed by atoms with Crippen LogP contribution in [0, 0.1) is 5.82 Å². The summed E-state index contributed by atoms with van der Waals surface area (Å²) in [6, 6.07) is 2.59. The summed E-state index contributed by atoms with van der Waals surface area (Å²) >= 11 is 0. The van der Waals surface area contributed by atoms with E-state index in [-0.39, 0.29) is 34.1 Å². The van der Waals surface area contributed by atoms with Crippen LogP contribution in [0.3, 0.4) is 0 Å². The van der Waals surface area contributed by atoms with Gasteiger partial charge in [-0.25, -0.2) is 23.8 Å². The summed E-state index contributed by atoms with van der Waals surface area (Å²) in [6.45, 7) is 0.860. The second-order valence-electron chi connectivity index (χ2n) is 9.73. The van der Waals surface area contributed by atoms with Crippen molar-refractivity contribution in [3.63, 3.8) is 0 Å². The van der Waals surface area contributed by atoms with E-state index >= 15 is 0 Å². The van der Waals surface area contributed by atoms with E-state index in [1.54, 1.807) is 5.10 Å². The number of aliphatic hydroxyl groups is 1. The normalized spacial score (nSPS) is 14.5. The monoisotopic (exact) mass is 618 g/mol. The highest BCUT2D eigenvalue weighted by Crippen LogP contribution is 2.32. The van der Waals surface area contributed by atoms with E-state index in [1.165, 1.54) is 25.3 Å². The number of halogens is 8. The first-order chi connectivity index (χ1) is 20.0. The second-order valence-corrected chi connectivity index (χ2v) is 9.73. The quantitative estimate of drug-likeness (QED) is 0.238. The molecule has 0 spiro atoms. The molecule has 0 unspecified atom stereocenters. The van der Waals surface area contributed by atoms with Gasteiger partial charge in [-0.05, 0) is 36.1 Å². The van der Waals surface area contributed by atoms with Gasteiger partial charge in [0.2, 0.25) is 0 Å². The lowest BCUT2D eigenvalue weighted by molar-refractivity contribution is -0.203. The molecule has 3 aromatic heterocycles. The molecule has 9 nitrogen and oxygen atoms in total. The maximum atomic E-state index is 15.0. The van der Waals surface area contributed by atoms with Gasteiger partial charge in [0, 0.05) is 37.5 Å². The van der Waals surface area contributed by atoms with Crippen molar-refractivity contribution in [2.45, 2.75) is 57.0 Å². The van der Waals surface area contributed by atoms with E-state index in [9.17, 15) is 49.8 Å². The molecular formula is C26H22F8N6O3. The van der Waals surface area contributed by atoms with Crippen molar-refractivity contribution in [2.75, 3.05) is 5.32 Å². The van der Waals surface area contributed by atoms with E-state index in [0.29, 0.717) is 0 Å². The van der Waals surface area contributed by atoms with Crippen LogP contribution in [0.15, 0.2) is 52.6 Å². The van der Waals surface area contributed by atoms with Crippen LogP contribution >= 0.6 is 0 Å².